The molecule has 0 saturated heterocycles. The second kappa shape index (κ2) is 12.5. The summed E-state index contributed by atoms with van der Waals surface area (Å²) in [6.45, 7) is 3.45. The maximum Gasteiger partial charge on any atom is 0.244 e. The zero-order valence-electron chi connectivity index (χ0n) is 19.5. The molecule has 3 rings (SSSR count). The average Bonchev–Trinajstić information content (AvgIpc) is 2.83. The van der Waals surface area contributed by atoms with E-state index >= 15 is 0 Å². The van der Waals surface area contributed by atoms with E-state index in [-0.39, 0.29) is 11.9 Å². The Morgan fingerprint density at radius 2 is 1.64 bits per heavy atom. The number of carbonyl (C=O) groups excluding carboxylic acids is 1. The van der Waals surface area contributed by atoms with Crippen LogP contribution >= 0.6 is 0 Å². The topological polar surface area (TPSA) is 50.8 Å². The van der Waals surface area contributed by atoms with Crippen LogP contribution in [0.5, 0.6) is 11.5 Å². The van der Waals surface area contributed by atoms with Gasteiger partial charge in [0.2, 0.25) is 5.91 Å². The van der Waals surface area contributed by atoms with Crippen LogP contribution in [0.4, 0.5) is 0 Å². The van der Waals surface area contributed by atoms with E-state index in [0.29, 0.717) is 31.3 Å². The predicted octanol–water partition coefficient (Wildman–Crippen LogP) is 5.10. The number of hydrogen-bond donors (Lipinski definition) is 1. The SMILES string of the molecule is CCOc1cc(/C=C/C(=O)NC[C@@H](c2ccccc2)N(C)C)ccc1OCc1ccccc1. The lowest BCUT2D eigenvalue weighted by Gasteiger charge is -2.24. The summed E-state index contributed by atoms with van der Waals surface area (Å²) in [4.78, 5) is 14.5. The zero-order chi connectivity index (χ0) is 23.5. The molecule has 0 saturated carbocycles. The van der Waals surface area contributed by atoms with Gasteiger partial charge in [-0.15, -0.1) is 0 Å². The largest absolute Gasteiger partial charge is 0.490 e. The van der Waals surface area contributed by atoms with Crippen LogP contribution in [-0.4, -0.2) is 38.1 Å². The number of nitrogens with one attached hydrogen (secondary N) is 1. The highest BCUT2D eigenvalue weighted by Gasteiger charge is 2.14. The molecule has 3 aromatic carbocycles. The number of hydrogen-bond acceptors (Lipinski definition) is 4. The zero-order valence-corrected chi connectivity index (χ0v) is 19.5. The molecule has 172 valence electrons. The van der Waals surface area contributed by atoms with Gasteiger partial charge in [-0.2, -0.15) is 0 Å². The number of likely N-dealkylation sites (N-methyl/N-ethyl adjacent to an activating group) is 1. The van der Waals surface area contributed by atoms with Crippen LogP contribution in [0.2, 0.25) is 0 Å². The van der Waals surface area contributed by atoms with Crippen molar-refractivity contribution < 1.29 is 14.3 Å². The smallest absolute Gasteiger partial charge is 0.244 e. The van der Waals surface area contributed by atoms with Crippen molar-refractivity contribution in [2.75, 3.05) is 27.2 Å². The lowest BCUT2D eigenvalue weighted by Crippen LogP contribution is -2.33. The summed E-state index contributed by atoms with van der Waals surface area (Å²) >= 11 is 0. The van der Waals surface area contributed by atoms with E-state index in [1.807, 2.05) is 87.7 Å². The highest BCUT2D eigenvalue weighted by molar-refractivity contribution is 5.91. The standard InChI is InChI=1S/C28H32N2O3/c1-4-32-27-19-22(15-17-26(27)33-21-23-11-7-5-8-12-23)16-18-28(31)29-20-25(30(2)3)24-13-9-6-10-14-24/h5-19,25H,4,20-21H2,1-3H3,(H,29,31)/b18-16+/t25-/m0/s1. The van der Waals surface area contributed by atoms with E-state index in [4.69, 9.17) is 9.47 Å². The average molecular weight is 445 g/mol. The first-order valence-corrected chi connectivity index (χ1v) is 11.2. The van der Waals surface area contributed by atoms with E-state index < -0.39 is 0 Å². The fourth-order valence-corrected chi connectivity index (χ4v) is 3.45. The van der Waals surface area contributed by atoms with Gasteiger partial charge in [0.05, 0.1) is 12.6 Å². The van der Waals surface area contributed by atoms with E-state index in [0.717, 1.165) is 11.1 Å². The van der Waals surface area contributed by atoms with Gasteiger partial charge >= 0.3 is 0 Å². The van der Waals surface area contributed by atoms with Crippen LogP contribution in [0.15, 0.2) is 84.9 Å². The molecule has 0 bridgehead atoms. The van der Waals surface area contributed by atoms with E-state index in [1.165, 1.54) is 5.56 Å². The number of benzene rings is 3. The molecule has 0 radical (unpaired) electrons. The molecular formula is C28H32N2O3. The minimum Gasteiger partial charge on any atom is -0.490 e. The fourth-order valence-electron chi connectivity index (χ4n) is 3.45. The lowest BCUT2D eigenvalue weighted by molar-refractivity contribution is -0.116. The van der Waals surface area contributed by atoms with Gasteiger partial charge in [-0.3, -0.25) is 4.79 Å². The van der Waals surface area contributed by atoms with Crippen LogP contribution in [0, 0.1) is 0 Å². The summed E-state index contributed by atoms with van der Waals surface area (Å²) in [6, 6.07) is 25.9. The molecule has 0 aliphatic rings. The third kappa shape index (κ3) is 7.51. The minimum atomic E-state index is -0.139. The molecule has 5 heteroatoms. The summed E-state index contributed by atoms with van der Waals surface area (Å²) in [7, 11) is 4.02. The Balaban J connectivity index is 1.61. The summed E-state index contributed by atoms with van der Waals surface area (Å²) in [5, 5.41) is 3.00. The van der Waals surface area contributed by atoms with Crippen molar-refractivity contribution in [1.82, 2.24) is 10.2 Å². The number of amides is 1. The molecule has 0 aromatic heterocycles. The predicted molar refractivity (Wildman–Crippen MR) is 133 cm³/mol. The Morgan fingerprint density at radius 3 is 2.30 bits per heavy atom. The van der Waals surface area contributed by atoms with Gasteiger partial charge in [0.25, 0.3) is 0 Å². The molecule has 0 fully saturated rings. The Kier molecular flexibility index (Phi) is 9.09. The number of rotatable bonds is 11. The molecule has 0 unspecified atom stereocenters. The quantitative estimate of drug-likeness (QED) is 0.418. The highest BCUT2D eigenvalue weighted by atomic mass is 16.5. The molecule has 3 aromatic rings. The van der Waals surface area contributed by atoms with Gasteiger partial charge in [0.15, 0.2) is 11.5 Å². The van der Waals surface area contributed by atoms with Gasteiger partial charge in [-0.25, -0.2) is 0 Å². The lowest BCUT2D eigenvalue weighted by atomic mass is 10.1. The monoisotopic (exact) mass is 444 g/mol. The highest BCUT2D eigenvalue weighted by Crippen LogP contribution is 2.29. The molecule has 33 heavy (non-hydrogen) atoms. The summed E-state index contributed by atoms with van der Waals surface area (Å²) in [5.74, 6) is 1.20. The molecule has 0 aliphatic heterocycles. The van der Waals surface area contributed by atoms with Crippen molar-refractivity contribution >= 4 is 12.0 Å². The number of nitrogens with zero attached hydrogens (tertiary/aromatic N) is 1. The third-order valence-electron chi connectivity index (χ3n) is 5.21. The second-order valence-electron chi connectivity index (χ2n) is 7.88. The molecule has 0 spiro atoms. The number of ether oxygens (including phenoxy) is 2. The van der Waals surface area contributed by atoms with E-state index in [2.05, 4.69) is 22.3 Å². The molecule has 5 nitrogen and oxygen atoms in total. The second-order valence-corrected chi connectivity index (χ2v) is 7.88. The Bertz CT molecular complexity index is 1030. The van der Waals surface area contributed by atoms with Gasteiger partial charge < -0.3 is 19.7 Å². The van der Waals surface area contributed by atoms with Crippen molar-refractivity contribution in [2.24, 2.45) is 0 Å². The van der Waals surface area contributed by atoms with Crippen molar-refractivity contribution in [3.63, 3.8) is 0 Å². The van der Waals surface area contributed by atoms with Gasteiger partial charge in [-0.05, 0) is 55.9 Å². The minimum absolute atomic E-state index is 0.106. The van der Waals surface area contributed by atoms with Crippen molar-refractivity contribution in [2.45, 2.75) is 19.6 Å². The first-order valence-electron chi connectivity index (χ1n) is 11.2. The molecular weight excluding hydrogens is 412 g/mol. The Labute approximate surface area is 196 Å². The van der Waals surface area contributed by atoms with Crippen LogP contribution in [0.1, 0.15) is 29.7 Å². The van der Waals surface area contributed by atoms with Gasteiger partial charge in [0, 0.05) is 12.6 Å². The van der Waals surface area contributed by atoms with Crippen LogP contribution < -0.4 is 14.8 Å². The normalized spacial score (nSPS) is 12.0. The van der Waals surface area contributed by atoms with Crippen LogP contribution in [-0.2, 0) is 11.4 Å². The van der Waals surface area contributed by atoms with E-state index in [1.54, 1.807) is 12.2 Å². The number of carbonyl (C=O) groups is 1. The van der Waals surface area contributed by atoms with Crippen LogP contribution in [0.3, 0.4) is 0 Å². The van der Waals surface area contributed by atoms with E-state index in [9.17, 15) is 4.79 Å². The Morgan fingerprint density at radius 1 is 0.939 bits per heavy atom. The summed E-state index contributed by atoms with van der Waals surface area (Å²) in [6.07, 6.45) is 3.33. The van der Waals surface area contributed by atoms with Crippen molar-refractivity contribution in [1.29, 1.82) is 0 Å². The molecule has 0 aliphatic carbocycles. The maximum atomic E-state index is 12.4. The van der Waals surface area contributed by atoms with Crippen molar-refractivity contribution in [3.05, 3.63) is 102 Å². The Hall–Kier alpha value is -3.57. The summed E-state index contributed by atoms with van der Waals surface area (Å²) < 4.78 is 11.7. The van der Waals surface area contributed by atoms with Gasteiger partial charge in [0.1, 0.15) is 6.61 Å². The molecule has 0 heterocycles. The molecule has 1 atom stereocenters. The third-order valence-corrected chi connectivity index (χ3v) is 5.21. The fraction of sp³-hybridized carbons (Fsp3) is 0.250. The maximum absolute atomic E-state index is 12.4. The first-order chi connectivity index (χ1) is 16.1. The van der Waals surface area contributed by atoms with Gasteiger partial charge in [-0.1, -0.05) is 66.7 Å². The molecule has 1 amide bonds. The first kappa shape index (κ1) is 24.1. The van der Waals surface area contributed by atoms with Crippen LogP contribution in [0.25, 0.3) is 6.08 Å². The molecule has 1 N–H and O–H groups in total. The summed E-state index contributed by atoms with van der Waals surface area (Å²) in [5.41, 5.74) is 3.12. The van der Waals surface area contributed by atoms with Crippen molar-refractivity contribution in [3.8, 4) is 11.5 Å².